The minimum Gasteiger partial charge on any atom is -0.326 e. The maximum Gasteiger partial charge on any atom is 0.229 e. The van der Waals surface area contributed by atoms with Crippen LogP contribution in [-0.4, -0.2) is 28.5 Å². The van der Waals surface area contributed by atoms with Crippen molar-refractivity contribution in [2.45, 2.75) is 12.5 Å². The van der Waals surface area contributed by atoms with Crippen LogP contribution >= 0.6 is 0 Å². The lowest BCUT2D eigenvalue weighted by molar-refractivity contribution is -0.117. The molecule has 19 heavy (non-hydrogen) atoms. The van der Waals surface area contributed by atoms with Crippen molar-refractivity contribution in [1.82, 2.24) is 9.97 Å². The smallest absolute Gasteiger partial charge is 0.229 e. The van der Waals surface area contributed by atoms with E-state index in [1.54, 1.807) is 17.3 Å². The van der Waals surface area contributed by atoms with Gasteiger partial charge in [-0.25, -0.2) is 4.98 Å². The summed E-state index contributed by atoms with van der Waals surface area (Å²) in [5.41, 5.74) is 7.56. The Labute approximate surface area is 111 Å². The lowest BCUT2D eigenvalue weighted by atomic mass is 10.2. The number of hydrogen-bond acceptors (Lipinski definition) is 4. The minimum atomic E-state index is -0.108. The van der Waals surface area contributed by atoms with E-state index in [0.717, 1.165) is 11.3 Å². The van der Waals surface area contributed by atoms with E-state index in [1.807, 2.05) is 30.3 Å². The number of rotatable bonds is 2. The number of nitrogens with two attached hydrogens (primary N) is 1. The second-order valence-electron chi connectivity index (χ2n) is 4.59. The summed E-state index contributed by atoms with van der Waals surface area (Å²) in [5, 5.41) is 0. The molecule has 0 radical (unpaired) electrons. The Morgan fingerprint density at radius 1 is 1.16 bits per heavy atom. The largest absolute Gasteiger partial charge is 0.326 e. The van der Waals surface area contributed by atoms with Crippen molar-refractivity contribution < 1.29 is 4.79 Å². The molecule has 5 nitrogen and oxygen atoms in total. The van der Waals surface area contributed by atoms with E-state index < -0.39 is 0 Å². The van der Waals surface area contributed by atoms with Crippen molar-refractivity contribution >= 4 is 11.7 Å². The van der Waals surface area contributed by atoms with Gasteiger partial charge in [0.25, 0.3) is 0 Å². The molecule has 1 atom stereocenters. The molecule has 5 heteroatoms. The van der Waals surface area contributed by atoms with Gasteiger partial charge in [0.05, 0.1) is 18.1 Å². The molecule has 0 bridgehead atoms. The van der Waals surface area contributed by atoms with E-state index in [4.69, 9.17) is 5.73 Å². The van der Waals surface area contributed by atoms with Crippen LogP contribution in [0.5, 0.6) is 0 Å². The first kappa shape index (κ1) is 11.8. The van der Waals surface area contributed by atoms with Gasteiger partial charge < -0.3 is 5.73 Å². The second-order valence-corrected chi connectivity index (χ2v) is 4.59. The fourth-order valence-corrected chi connectivity index (χ4v) is 2.18. The van der Waals surface area contributed by atoms with Crippen LogP contribution in [0.15, 0.2) is 42.7 Å². The van der Waals surface area contributed by atoms with Crippen LogP contribution in [0.25, 0.3) is 11.3 Å². The van der Waals surface area contributed by atoms with E-state index in [1.165, 1.54) is 0 Å². The van der Waals surface area contributed by atoms with Gasteiger partial charge in [-0.3, -0.25) is 14.7 Å². The van der Waals surface area contributed by atoms with Crippen molar-refractivity contribution in [2.75, 3.05) is 11.4 Å². The van der Waals surface area contributed by atoms with Crippen LogP contribution in [-0.2, 0) is 4.79 Å². The van der Waals surface area contributed by atoms with Crippen molar-refractivity contribution in [2.24, 2.45) is 5.73 Å². The van der Waals surface area contributed by atoms with Crippen LogP contribution in [0.4, 0.5) is 5.82 Å². The number of hydrogen-bond donors (Lipinski definition) is 1. The Morgan fingerprint density at radius 3 is 2.53 bits per heavy atom. The average Bonchev–Trinajstić information content (AvgIpc) is 2.79. The monoisotopic (exact) mass is 254 g/mol. The molecule has 1 aromatic heterocycles. The Kier molecular flexibility index (Phi) is 2.97. The molecule has 2 N–H and O–H groups in total. The normalized spacial score (nSPS) is 18.9. The maximum atomic E-state index is 11.7. The highest BCUT2D eigenvalue weighted by molar-refractivity contribution is 5.95. The van der Waals surface area contributed by atoms with Crippen molar-refractivity contribution in [3.63, 3.8) is 0 Å². The average molecular weight is 254 g/mol. The predicted octanol–water partition coefficient (Wildman–Crippen LogP) is 1.21. The van der Waals surface area contributed by atoms with E-state index >= 15 is 0 Å². The van der Waals surface area contributed by atoms with Crippen LogP contribution in [0.3, 0.4) is 0 Å². The number of amides is 1. The first-order valence-electron chi connectivity index (χ1n) is 6.17. The fraction of sp³-hybridized carbons (Fsp3) is 0.214. The lowest BCUT2D eigenvalue weighted by Crippen LogP contribution is -2.28. The Morgan fingerprint density at radius 2 is 1.95 bits per heavy atom. The highest BCUT2D eigenvalue weighted by atomic mass is 16.2. The topological polar surface area (TPSA) is 72.1 Å². The molecule has 1 aromatic carbocycles. The molecule has 1 amide bonds. The number of anilines is 1. The molecule has 96 valence electrons. The van der Waals surface area contributed by atoms with Crippen LogP contribution in [0, 0.1) is 0 Å². The van der Waals surface area contributed by atoms with E-state index in [0.29, 0.717) is 18.8 Å². The number of benzene rings is 1. The van der Waals surface area contributed by atoms with E-state index in [9.17, 15) is 4.79 Å². The van der Waals surface area contributed by atoms with Crippen molar-refractivity contribution in [1.29, 1.82) is 0 Å². The molecular formula is C14H14N4O. The summed E-state index contributed by atoms with van der Waals surface area (Å²) in [5.74, 6) is 0.576. The number of nitrogens with zero attached hydrogens (tertiary/aromatic N) is 3. The molecular weight excluding hydrogens is 240 g/mol. The molecule has 3 rings (SSSR count). The van der Waals surface area contributed by atoms with Gasteiger partial charge in [-0.05, 0) is 0 Å². The first-order valence-corrected chi connectivity index (χ1v) is 6.17. The molecule has 2 aromatic rings. The molecule has 0 aliphatic carbocycles. The summed E-state index contributed by atoms with van der Waals surface area (Å²) >= 11 is 0. The molecule has 0 spiro atoms. The summed E-state index contributed by atoms with van der Waals surface area (Å²) < 4.78 is 0. The quantitative estimate of drug-likeness (QED) is 0.874. The highest BCUT2D eigenvalue weighted by Crippen LogP contribution is 2.20. The third kappa shape index (κ3) is 2.32. The van der Waals surface area contributed by atoms with Crippen molar-refractivity contribution in [3.8, 4) is 11.3 Å². The minimum absolute atomic E-state index is 0.00858. The molecule has 1 fully saturated rings. The summed E-state index contributed by atoms with van der Waals surface area (Å²) in [4.78, 5) is 22.0. The summed E-state index contributed by atoms with van der Waals surface area (Å²) in [6.45, 7) is 0.512. The third-order valence-electron chi connectivity index (χ3n) is 3.14. The van der Waals surface area contributed by atoms with Crippen LogP contribution in [0.1, 0.15) is 6.42 Å². The zero-order valence-corrected chi connectivity index (χ0v) is 10.4. The third-order valence-corrected chi connectivity index (χ3v) is 3.14. The van der Waals surface area contributed by atoms with Crippen LogP contribution in [0.2, 0.25) is 0 Å². The number of aromatic nitrogens is 2. The van der Waals surface area contributed by atoms with Gasteiger partial charge in [-0.1, -0.05) is 30.3 Å². The van der Waals surface area contributed by atoms with E-state index in [-0.39, 0.29) is 11.9 Å². The summed E-state index contributed by atoms with van der Waals surface area (Å²) in [6.07, 6.45) is 3.68. The van der Waals surface area contributed by atoms with Gasteiger partial charge >= 0.3 is 0 Å². The van der Waals surface area contributed by atoms with Crippen molar-refractivity contribution in [3.05, 3.63) is 42.7 Å². The Balaban J connectivity index is 1.86. The van der Waals surface area contributed by atoms with Gasteiger partial charge in [0.2, 0.25) is 5.91 Å². The Bertz CT molecular complexity index is 582. The first-order chi connectivity index (χ1) is 9.24. The Hall–Kier alpha value is -2.27. The highest BCUT2D eigenvalue weighted by Gasteiger charge is 2.28. The van der Waals surface area contributed by atoms with Gasteiger partial charge in [-0.2, -0.15) is 0 Å². The molecule has 1 unspecified atom stereocenters. The molecule has 2 heterocycles. The molecule has 1 aliphatic rings. The SMILES string of the molecule is NC1CC(=O)N(c2cnc(-c3ccccc3)cn2)C1. The molecule has 1 aliphatic heterocycles. The van der Waals surface area contributed by atoms with Gasteiger partial charge in [0.1, 0.15) is 0 Å². The van der Waals surface area contributed by atoms with Gasteiger partial charge in [0, 0.05) is 24.6 Å². The number of carbonyl (C=O) groups excluding carboxylic acids is 1. The summed E-state index contributed by atoms with van der Waals surface area (Å²) in [7, 11) is 0. The van der Waals surface area contributed by atoms with Gasteiger partial charge in [0.15, 0.2) is 5.82 Å². The molecule has 1 saturated heterocycles. The van der Waals surface area contributed by atoms with Gasteiger partial charge in [-0.15, -0.1) is 0 Å². The fourth-order valence-electron chi connectivity index (χ4n) is 2.18. The summed E-state index contributed by atoms with van der Waals surface area (Å²) in [6, 6.07) is 9.70. The zero-order valence-electron chi connectivity index (χ0n) is 10.4. The lowest BCUT2D eigenvalue weighted by Gasteiger charge is -2.14. The predicted molar refractivity (Wildman–Crippen MR) is 72.4 cm³/mol. The van der Waals surface area contributed by atoms with Crippen LogP contribution < -0.4 is 10.6 Å². The zero-order chi connectivity index (χ0) is 13.2. The molecule has 0 saturated carbocycles. The maximum absolute atomic E-state index is 11.7. The number of carbonyl (C=O) groups is 1. The second kappa shape index (κ2) is 4.78. The van der Waals surface area contributed by atoms with E-state index in [2.05, 4.69) is 9.97 Å². The standard InChI is InChI=1S/C14H14N4O/c15-11-6-14(19)18(9-11)13-8-16-12(7-17-13)10-4-2-1-3-5-10/h1-5,7-8,11H,6,9,15H2.